The fourth-order valence-electron chi connectivity index (χ4n) is 4.17. The smallest absolute Gasteiger partial charge is 0.261 e. The summed E-state index contributed by atoms with van der Waals surface area (Å²) in [6, 6.07) is 27.9. The van der Waals surface area contributed by atoms with Gasteiger partial charge in [0.25, 0.3) is 5.91 Å². The number of hydrogen-bond donors (Lipinski definition) is 0. The summed E-state index contributed by atoms with van der Waals surface area (Å²) >= 11 is 0. The molecule has 0 saturated heterocycles. The maximum Gasteiger partial charge on any atom is 0.261 e. The van der Waals surface area contributed by atoms with E-state index in [0.717, 1.165) is 12.0 Å². The third-order valence-corrected chi connectivity index (χ3v) is 5.71. The van der Waals surface area contributed by atoms with Crippen LogP contribution in [-0.2, 0) is 0 Å². The summed E-state index contributed by atoms with van der Waals surface area (Å²) in [6.45, 7) is 2.08. The van der Waals surface area contributed by atoms with Gasteiger partial charge in [-0.15, -0.1) is 0 Å². The maximum absolute atomic E-state index is 13.6. The molecule has 2 heterocycles. The molecule has 0 radical (unpaired) electrons. The minimum Gasteiger partial charge on any atom is -0.269 e. The van der Waals surface area contributed by atoms with E-state index < -0.39 is 0 Å². The molecule has 0 bridgehead atoms. The van der Waals surface area contributed by atoms with E-state index in [1.54, 1.807) is 4.90 Å². The van der Waals surface area contributed by atoms with Gasteiger partial charge >= 0.3 is 0 Å². The highest BCUT2D eigenvalue weighted by Gasteiger charge is 2.39. The van der Waals surface area contributed by atoms with Gasteiger partial charge in [-0.25, -0.2) is 4.68 Å². The van der Waals surface area contributed by atoms with E-state index in [1.807, 2.05) is 53.2 Å². The molecule has 2 atom stereocenters. The van der Waals surface area contributed by atoms with Gasteiger partial charge in [0, 0.05) is 5.56 Å². The van der Waals surface area contributed by atoms with E-state index in [1.165, 1.54) is 17.5 Å². The molecule has 5 nitrogen and oxygen atoms in total. The molecule has 1 aliphatic heterocycles. The van der Waals surface area contributed by atoms with Crippen molar-refractivity contribution in [3.8, 4) is 0 Å². The van der Waals surface area contributed by atoms with Crippen LogP contribution >= 0.6 is 0 Å². The van der Waals surface area contributed by atoms with Gasteiger partial charge in [0.2, 0.25) is 5.95 Å². The van der Waals surface area contributed by atoms with Gasteiger partial charge in [-0.05, 0) is 36.6 Å². The molecule has 30 heavy (non-hydrogen) atoms. The first-order chi connectivity index (χ1) is 14.7. The van der Waals surface area contributed by atoms with Crippen molar-refractivity contribution in [2.75, 3.05) is 4.90 Å². The standard InChI is InChI=1S/C25H22N4O/c1-18-12-14-20(15-13-18)23-16-22(19-8-4-2-5-9-19)28(25-26-17-27-29(23)25)24(30)21-10-6-3-7-11-21/h2-15,17,22-23H,16H2,1H3/t22-,23+/m1/s1. The number of hydrogen-bond acceptors (Lipinski definition) is 3. The van der Waals surface area contributed by atoms with E-state index in [4.69, 9.17) is 0 Å². The molecule has 0 spiro atoms. The lowest BCUT2D eigenvalue weighted by atomic mass is 9.91. The van der Waals surface area contributed by atoms with Crippen LogP contribution in [-0.4, -0.2) is 20.7 Å². The predicted molar refractivity (Wildman–Crippen MR) is 116 cm³/mol. The molecule has 0 unspecified atom stereocenters. The highest BCUT2D eigenvalue weighted by Crippen LogP contribution is 2.42. The molecule has 0 fully saturated rings. The molecule has 1 amide bonds. The number of amides is 1. The minimum absolute atomic E-state index is 0.00753. The van der Waals surface area contributed by atoms with Crippen LogP contribution in [0, 0.1) is 6.92 Å². The Morgan fingerprint density at radius 2 is 1.47 bits per heavy atom. The summed E-state index contributed by atoms with van der Waals surface area (Å²) in [5, 5.41) is 4.50. The van der Waals surface area contributed by atoms with Crippen LogP contribution in [0.2, 0.25) is 0 Å². The average molecular weight is 394 g/mol. The number of carbonyl (C=O) groups is 1. The van der Waals surface area contributed by atoms with Crippen molar-refractivity contribution in [3.63, 3.8) is 0 Å². The molecule has 5 heteroatoms. The number of fused-ring (bicyclic) bond motifs is 1. The fraction of sp³-hybridized carbons (Fsp3) is 0.160. The molecule has 148 valence electrons. The van der Waals surface area contributed by atoms with Gasteiger partial charge < -0.3 is 0 Å². The molecule has 5 rings (SSSR count). The Morgan fingerprint density at radius 1 is 0.833 bits per heavy atom. The van der Waals surface area contributed by atoms with Crippen LogP contribution in [0.3, 0.4) is 0 Å². The van der Waals surface area contributed by atoms with Gasteiger partial charge in [0.1, 0.15) is 6.33 Å². The molecule has 3 aromatic carbocycles. The Balaban J connectivity index is 1.64. The van der Waals surface area contributed by atoms with Gasteiger partial charge in [-0.2, -0.15) is 10.1 Å². The Hall–Kier alpha value is -3.73. The van der Waals surface area contributed by atoms with Gasteiger partial charge in [0.15, 0.2) is 0 Å². The summed E-state index contributed by atoms with van der Waals surface area (Å²) in [4.78, 5) is 19.9. The molecule has 0 saturated carbocycles. The lowest BCUT2D eigenvalue weighted by molar-refractivity contribution is 0.0963. The summed E-state index contributed by atoms with van der Waals surface area (Å²) < 4.78 is 1.88. The number of carbonyl (C=O) groups excluding carboxylic acids is 1. The van der Waals surface area contributed by atoms with E-state index >= 15 is 0 Å². The quantitative estimate of drug-likeness (QED) is 0.493. The molecule has 0 N–H and O–H groups in total. The van der Waals surface area contributed by atoms with Crippen molar-refractivity contribution >= 4 is 11.9 Å². The third kappa shape index (κ3) is 3.18. The molecular weight excluding hydrogens is 372 g/mol. The first-order valence-electron chi connectivity index (χ1n) is 10.1. The minimum atomic E-state index is -0.137. The van der Waals surface area contributed by atoms with Crippen LogP contribution < -0.4 is 4.90 Å². The van der Waals surface area contributed by atoms with Crippen molar-refractivity contribution in [2.24, 2.45) is 0 Å². The van der Waals surface area contributed by atoms with Crippen molar-refractivity contribution in [3.05, 3.63) is 114 Å². The number of aromatic nitrogens is 3. The second kappa shape index (κ2) is 7.59. The average Bonchev–Trinajstić information content (AvgIpc) is 3.29. The van der Waals surface area contributed by atoms with E-state index in [2.05, 4.69) is 53.4 Å². The molecular formula is C25H22N4O. The molecule has 0 aliphatic carbocycles. The van der Waals surface area contributed by atoms with Crippen molar-refractivity contribution in [2.45, 2.75) is 25.4 Å². The zero-order valence-corrected chi connectivity index (χ0v) is 16.7. The van der Waals surface area contributed by atoms with Crippen LogP contribution in [0.5, 0.6) is 0 Å². The number of anilines is 1. The Kier molecular flexibility index (Phi) is 4.64. The Bertz CT molecular complexity index is 1150. The van der Waals surface area contributed by atoms with Gasteiger partial charge in [-0.3, -0.25) is 9.69 Å². The highest BCUT2D eigenvalue weighted by molar-refractivity contribution is 6.05. The maximum atomic E-state index is 13.6. The zero-order chi connectivity index (χ0) is 20.5. The summed E-state index contributed by atoms with van der Waals surface area (Å²) in [7, 11) is 0. The van der Waals surface area contributed by atoms with Crippen LogP contribution in [0.4, 0.5) is 5.95 Å². The summed E-state index contributed by atoms with van der Waals surface area (Å²) in [5.74, 6) is 0.510. The molecule has 1 aromatic heterocycles. The van der Waals surface area contributed by atoms with E-state index in [9.17, 15) is 4.79 Å². The highest BCUT2D eigenvalue weighted by atomic mass is 16.2. The third-order valence-electron chi connectivity index (χ3n) is 5.71. The Morgan fingerprint density at radius 3 is 2.17 bits per heavy atom. The van der Waals surface area contributed by atoms with E-state index in [-0.39, 0.29) is 18.0 Å². The first-order valence-corrected chi connectivity index (χ1v) is 10.1. The second-order valence-electron chi connectivity index (χ2n) is 7.63. The van der Waals surface area contributed by atoms with Crippen LogP contribution in [0.25, 0.3) is 0 Å². The number of nitrogens with zero attached hydrogens (tertiary/aromatic N) is 4. The van der Waals surface area contributed by atoms with Crippen LogP contribution in [0.15, 0.2) is 91.3 Å². The normalized spacial score (nSPS) is 18.1. The number of benzene rings is 3. The monoisotopic (exact) mass is 394 g/mol. The largest absolute Gasteiger partial charge is 0.269 e. The second-order valence-corrected chi connectivity index (χ2v) is 7.63. The van der Waals surface area contributed by atoms with Crippen molar-refractivity contribution < 1.29 is 4.79 Å². The predicted octanol–water partition coefficient (Wildman–Crippen LogP) is 4.97. The first kappa shape index (κ1) is 18.3. The fourth-order valence-corrected chi connectivity index (χ4v) is 4.17. The lowest BCUT2D eigenvalue weighted by Gasteiger charge is -2.39. The topological polar surface area (TPSA) is 51.0 Å². The van der Waals surface area contributed by atoms with Crippen molar-refractivity contribution in [1.29, 1.82) is 0 Å². The van der Waals surface area contributed by atoms with Crippen LogP contribution in [0.1, 0.15) is 45.6 Å². The summed E-state index contributed by atoms with van der Waals surface area (Å²) in [5.41, 5.74) is 4.11. The van der Waals surface area contributed by atoms with Gasteiger partial charge in [0.05, 0.1) is 12.1 Å². The zero-order valence-electron chi connectivity index (χ0n) is 16.7. The van der Waals surface area contributed by atoms with E-state index in [0.29, 0.717) is 11.5 Å². The number of rotatable bonds is 3. The SMILES string of the molecule is Cc1ccc([C@@H]2C[C@H](c3ccccc3)N(C(=O)c3ccccc3)c3ncnn32)cc1. The van der Waals surface area contributed by atoms with Gasteiger partial charge in [-0.1, -0.05) is 78.4 Å². The molecule has 1 aliphatic rings. The molecule has 4 aromatic rings. The van der Waals surface area contributed by atoms with Crippen molar-refractivity contribution in [1.82, 2.24) is 14.8 Å². The number of aryl methyl sites for hydroxylation is 1. The summed E-state index contributed by atoms with van der Waals surface area (Å²) in [6.07, 6.45) is 2.26. The lowest BCUT2D eigenvalue weighted by Crippen LogP contribution is -2.42. The Labute approximate surface area is 175 Å².